The lowest BCUT2D eigenvalue weighted by atomic mass is 10.1. The van der Waals surface area contributed by atoms with E-state index in [1.165, 1.54) is 6.07 Å². The van der Waals surface area contributed by atoms with E-state index in [2.05, 4.69) is 15.2 Å². The fourth-order valence-corrected chi connectivity index (χ4v) is 3.87. The first-order chi connectivity index (χ1) is 13.8. The number of aromatic nitrogens is 1. The second kappa shape index (κ2) is 7.24. The Morgan fingerprint density at radius 3 is 2.83 bits per heavy atom. The van der Waals surface area contributed by atoms with Crippen molar-refractivity contribution in [1.29, 1.82) is 0 Å². The molecule has 154 valence electrons. The number of anilines is 2. The van der Waals surface area contributed by atoms with Crippen molar-refractivity contribution in [2.45, 2.75) is 44.9 Å². The summed E-state index contributed by atoms with van der Waals surface area (Å²) in [5.74, 6) is 0.509. The van der Waals surface area contributed by atoms with Gasteiger partial charge in [-0.2, -0.15) is 13.2 Å². The number of carbonyl (C=O) groups is 1. The normalized spacial score (nSPS) is 19.1. The molecule has 2 atom stereocenters. The zero-order chi connectivity index (χ0) is 20.8. The zero-order valence-corrected chi connectivity index (χ0v) is 16.3. The predicted octanol–water partition coefficient (Wildman–Crippen LogP) is 4.67. The monoisotopic (exact) mass is 404 g/mol. The highest BCUT2D eigenvalue weighted by Gasteiger charge is 2.40. The summed E-state index contributed by atoms with van der Waals surface area (Å²) in [6, 6.07) is 8.51. The van der Waals surface area contributed by atoms with Crippen LogP contribution in [-0.2, 0) is 6.18 Å². The Hall–Kier alpha value is -2.77. The summed E-state index contributed by atoms with van der Waals surface area (Å²) >= 11 is 0. The topological polar surface area (TPSA) is 48.5 Å². The van der Waals surface area contributed by atoms with Crippen LogP contribution < -0.4 is 15.1 Å². The minimum atomic E-state index is -4.42. The van der Waals surface area contributed by atoms with Crippen molar-refractivity contribution in [2.75, 3.05) is 22.9 Å². The molecule has 1 aromatic carbocycles. The van der Waals surface area contributed by atoms with Crippen LogP contribution in [0.3, 0.4) is 0 Å². The first kappa shape index (κ1) is 19.5. The van der Waals surface area contributed by atoms with E-state index in [-0.39, 0.29) is 18.1 Å². The number of halogens is 3. The summed E-state index contributed by atoms with van der Waals surface area (Å²) in [6.45, 7) is 5.51. The highest BCUT2D eigenvalue weighted by molar-refractivity contribution is 5.97. The van der Waals surface area contributed by atoms with Crippen molar-refractivity contribution in [1.82, 2.24) is 10.3 Å². The third-order valence-electron chi connectivity index (χ3n) is 5.64. The number of alkyl halides is 3. The molecule has 1 aromatic heterocycles. The van der Waals surface area contributed by atoms with Gasteiger partial charge in [0.15, 0.2) is 5.82 Å². The van der Waals surface area contributed by atoms with Gasteiger partial charge < -0.3 is 10.2 Å². The lowest BCUT2D eigenvalue weighted by Crippen LogP contribution is -2.52. The number of fused-ring (bicyclic) bond motifs is 4. The highest BCUT2D eigenvalue weighted by atomic mass is 19.4. The maximum atomic E-state index is 13.1. The molecule has 0 saturated carbocycles. The van der Waals surface area contributed by atoms with E-state index in [9.17, 15) is 18.0 Å². The first-order valence-electron chi connectivity index (χ1n) is 9.81. The second-order valence-electron chi connectivity index (χ2n) is 7.64. The Bertz CT molecular complexity index is 930. The number of hydrogen-bond donors (Lipinski definition) is 1. The molecule has 3 heterocycles. The number of rotatable bonds is 3. The standard InChI is InChI=1S/C21H23F3N4O/c1-3-13(2)25-20(29)28-16-9-10-27(12-16)18-8-7-17(26-19(18)28)14-5-4-6-15(11-14)21(22,23)24/h4-8,11,13,16H,3,9-10,12H2,1-2H3,(H,25,29)/t13-,16+/m1/s1. The summed E-state index contributed by atoms with van der Waals surface area (Å²) in [5, 5.41) is 2.99. The smallest absolute Gasteiger partial charge is 0.366 e. The number of nitrogens with zero attached hydrogens (tertiary/aromatic N) is 3. The number of carbonyl (C=O) groups excluding carboxylic acids is 1. The van der Waals surface area contributed by atoms with E-state index in [4.69, 9.17) is 0 Å². The SMILES string of the molecule is CC[C@@H](C)NC(=O)N1c2nc(-c3cccc(C(F)(F)F)c3)ccc2N2CC[C@H]1C2. The van der Waals surface area contributed by atoms with Crippen LogP contribution in [0.25, 0.3) is 11.3 Å². The molecule has 2 aliphatic heterocycles. The van der Waals surface area contributed by atoms with Crippen LogP contribution in [0.1, 0.15) is 32.3 Å². The van der Waals surface area contributed by atoms with E-state index in [1.807, 2.05) is 19.9 Å². The Labute approximate surface area is 167 Å². The van der Waals surface area contributed by atoms with Crippen molar-refractivity contribution in [3.63, 3.8) is 0 Å². The molecule has 2 aromatic rings. The van der Waals surface area contributed by atoms with Gasteiger partial charge in [0.2, 0.25) is 0 Å². The maximum Gasteiger partial charge on any atom is 0.416 e. The quantitative estimate of drug-likeness (QED) is 0.809. The van der Waals surface area contributed by atoms with Gasteiger partial charge in [0, 0.05) is 24.7 Å². The summed E-state index contributed by atoms with van der Waals surface area (Å²) < 4.78 is 39.3. The van der Waals surface area contributed by atoms with Crippen LogP contribution in [0.15, 0.2) is 36.4 Å². The molecule has 1 saturated heterocycles. The van der Waals surface area contributed by atoms with Crippen molar-refractivity contribution in [3.8, 4) is 11.3 Å². The van der Waals surface area contributed by atoms with Gasteiger partial charge in [0.25, 0.3) is 0 Å². The van der Waals surface area contributed by atoms with Crippen LogP contribution in [0.4, 0.5) is 29.5 Å². The highest BCUT2D eigenvalue weighted by Crippen LogP contribution is 2.40. The van der Waals surface area contributed by atoms with Crippen molar-refractivity contribution < 1.29 is 18.0 Å². The van der Waals surface area contributed by atoms with Gasteiger partial charge in [-0.1, -0.05) is 19.1 Å². The molecule has 2 aliphatic rings. The summed E-state index contributed by atoms with van der Waals surface area (Å²) in [6.07, 6.45) is -2.78. The van der Waals surface area contributed by atoms with Crippen molar-refractivity contribution >= 4 is 17.5 Å². The van der Waals surface area contributed by atoms with Crippen LogP contribution in [0.2, 0.25) is 0 Å². The van der Waals surface area contributed by atoms with Crippen LogP contribution in [0.5, 0.6) is 0 Å². The Morgan fingerprint density at radius 2 is 2.10 bits per heavy atom. The molecule has 1 fully saturated rings. The molecule has 5 nitrogen and oxygen atoms in total. The van der Waals surface area contributed by atoms with Gasteiger partial charge >= 0.3 is 12.2 Å². The molecule has 2 bridgehead atoms. The average Bonchev–Trinajstić information content (AvgIpc) is 3.11. The van der Waals surface area contributed by atoms with Gasteiger partial charge in [-0.25, -0.2) is 9.78 Å². The summed E-state index contributed by atoms with van der Waals surface area (Å²) in [7, 11) is 0. The van der Waals surface area contributed by atoms with E-state index >= 15 is 0 Å². The molecule has 0 spiro atoms. The van der Waals surface area contributed by atoms with Gasteiger partial charge in [-0.05, 0) is 44.0 Å². The third-order valence-corrected chi connectivity index (χ3v) is 5.64. The lowest BCUT2D eigenvalue weighted by Gasteiger charge is -2.36. The summed E-state index contributed by atoms with van der Waals surface area (Å²) in [5.41, 5.74) is 0.912. The summed E-state index contributed by atoms with van der Waals surface area (Å²) in [4.78, 5) is 21.5. The molecule has 8 heteroatoms. The van der Waals surface area contributed by atoms with E-state index in [1.54, 1.807) is 17.0 Å². The molecule has 0 aliphatic carbocycles. The molecule has 4 rings (SSSR count). The van der Waals surface area contributed by atoms with Gasteiger partial charge in [0.1, 0.15) is 0 Å². The second-order valence-corrected chi connectivity index (χ2v) is 7.64. The molecule has 1 N–H and O–H groups in total. The first-order valence-corrected chi connectivity index (χ1v) is 9.81. The van der Waals surface area contributed by atoms with Crippen LogP contribution in [-0.4, -0.2) is 36.2 Å². The van der Waals surface area contributed by atoms with Gasteiger partial charge in [-0.15, -0.1) is 0 Å². The molecular weight excluding hydrogens is 381 g/mol. The van der Waals surface area contributed by atoms with E-state index in [0.29, 0.717) is 17.1 Å². The number of benzene rings is 1. The fraction of sp³-hybridized carbons (Fsp3) is 0.429. The number of pyridine rings is 1. The van der Waals surface area contributed by atoms with Crippen LogP contribution >= 0.6 is 0 Å². The van der Waals surface area contributed by atoms with Crippen molar-refractivity contribution in [2.24, 2.45) is 0 Å². The Morgan fingerprint density at radius 1 is 1.31 bits per heavy atom. The number of hydrogen-bond acceptors (Lipinski definition) is 3. The van der Waals surface area contributed by atoms with Gasteiger partial charge in [-0.3, -0.25) is 4.90 Å². The number of nitrogens with one attached hydrogen (secondary N) is 1. The fourth-order valence-electron chi connectivity index (χ4n) is 3.87. The third kappa shape index (κ3) is 3.63. The minimum Gasteiger partial charge on any atom is -0.366 e. The lowest BCUT2D eigenvalue weighted by molar-refractivity contribution is -0.137. The average molecular weight is 404 g/mol. The largest absolute Gasteiger partial charge is 0.416 e. The predicted molar refractivity (Wildman–Crippen MR) is 106 cm³/mol. The molecule has 0 radical (unpaired) electrons. The van der Waals surface area contributed by atoms with Crippen molar-refractivity contribution in [3.05, 3.63) is 42.0 Å². The molecule has 29 heavy (non-hydrogen) atoms. The molecule has 0 unspecified atom stereocenters. The van der Waals surface area contributed by atoms with Crippen LogP contribution in [0, 0.1) is 0 Å². The maximum absolute atomic E-state index is 13.1. The molecule has 2 amide bonds. The van der Waals surface area contributed by atoms with E-state index in [0.717, 1.165) is 43.8 Å². The Kier molecular flexibility index (Phi) is 4.88. The minimum absolute atomic E-state index is 0.0100. The Balaban J connectivity index is 1.74. The zero-order valence-electron chi connectivity index (χ0n) is 16.3. The van der Waals surface area contributed by atoms with E-state index < -0.39 is 11.7 Å². The number of amides is 2. The van der Waals surface area contributed by atoms with Gasteiger partial charge in [0.05, 0.1) is 23.0 Å². The number of urea groups is 1. The molecular formula is C21H23F3N4O.